The number of piperazine rings is 1. The van der Waals surface area contributed by atoms with Crippen molar-refractivity contribution in [1.82, 2.24) is 4.90 Å². The molecule has 1 aliphatic rings. The standard InChI is InChI=1S/C13H20ClN3/c1-10-9-17(7-6-16(10)2)13-11(8-15)4-3-5-12(13)14/h3-5,10H,6-9,15H2,1-2H3. The first-order valence-corrected chi connectivity index (χ1v) is 6.44. The van der Waals surface area contributed by atoms with E-state index in [0.717, 1.165) is 35.9 Å². The highest BCUT2D eigenvalue weighted by Crippen LogP contribution is 2.31. The summed E-state index contributed by atoms with van der Waals surface area (Å²) in [5.74, 6) is 0. The van der Waals surface area contributed by atoms with Gasteiger partial charge in [0.25, 0.3) is 0 Å². The molecule has 3 nitrogen and oxygen atoms in total. The fraction of sp³-hybridized carbons (Fsp3) is 0.538. The van der Waals surface area contributed by atoms with Crippen LogP contribution in [0.1, 0.15) is 12.5 Å². The van der Waals surface area contributed by atoms with Gasteiger partial charge in [-0.05, 0) is 25.6 Å². The molecule has 1 aromatic carbocycles. The Morgan fingerprint density at radius 3 is 2.82 bits per heavy atom. The van der Waals surface area contributed by atoms with Crippen molar-refractivity contribution in [3.05, 3.63) is 28.8 Å². The number of anilines is 1. The van der Waals surface area contributed by atoms with Crippen molar-refractivity contribution in [3.63, 3.8) is 0 Å². The van der Waals surface area contributed by atoms with E-state index in [0.29, 0.717) is 12.6 Å². The van der Waals surface area contributed by atoms with Crippen molar-refractivity contribution in [3.8, 4) is 0 Å². The Balaban J connectivity index is 2.28. The highest BCUT2D eigenvalue weighted by molar-refractivity contribution is 6.33. The first-order chi connectivity index (χ1) is 8.13. The molecular weight excluding hydrogens is 234 g/mol. The third kappa shape index (κ3) is 2.57. The monoisotopic (exact) mass is 253 g/mol. The van der Waals surface area contributed by atoms with Gasteiger partial charge >= 0.3 is 0 Å². The van der Waals surface area contributed by atoms with Gasteiger partial charge in [-0.1, -0.05) is 23.7 Å². The van der Waals surface area contributed by atoms with Gasteiger partial charge < -0.3 is 15.5 Å². The molecule has 0 saturated carbocycles. The van der Waals surface area contributed by atoms with Crippen molar-refractivity contribution < 1.29 is 0 Å². The molecule has 1 atom stereocenters. The maximum atomic E-state index is 6.31. The molecule has 0 radical (unpaired) electrons. The van der Waals surface area contributed by atoms with Crippen LogP contribution >= 0.6 is 11.6 Å². The van der Waals surface area contributed by atoms with Gasteiger partial charge in [-0.2, -0.15) is 0 Å². The SMILES string of the molecule is CC1CN(c2c(Cl)cccc2CN)CCN1C. The van der Waals surface area contributed by atoms with Crippen molar-refractivity contribution in [2.75, 3.05) is 31.6 Å². The van der Waals surface area contributed by atoms with Gasteiger partial charge in [0.1, 0.15) is 0 Å². The summed E-state index contributed by atoms with van der Waals surface area (Å²) in [6.07, 6.45) is 0. The Hall–Kier alpha value is -0.770. The highest BCUT2D eigenvalue weighted by Gasteiger charge is 2.23. The molecule has 94 valence electrons. The van der Waals surface area contributed by atoms with Crippen LogP contribution in [0.3, 0.4) is 0 Å². The number of hydrogen-bond donors (Lipinski definition) is 1. The topological polar surface area (TPSA) is 32.5 Å². The fourth-order valence-corrected chi connectivity index (χ4v) is 2.64. The van der Waals surface area contributed by atoms with Crippen molar-refractivity contribution in [1.29, 1.82) is 0 Å². The minimum Gasteiger partial charge on any atom is -0.367 e. The summed E-state index contributed by atoms with van der Waals surface area (Å²) >= 11 is 6.31. The third-order valence-corrected chi connectivity index (χ3v) is 3.87. The Labute approximate surface area is 108 Å². The average Bonchev–Trinajstić information content (AvgIpc) is 2.32. The Morgan fingerprint density at radius 1 is 1.41 bits per heavy atom. The summed E-state index contributed by atoms with van der Waals surface area (Å²) in [6.45, 7) is 5.86. The van der Waals surface area contributed by atoms with E-state index in [4.69, 9.17) is 17.3 Å². The van der Waals surface area contributed by atoms with Crippen LogP contribution in [0.25, 0.3) is 0 Å². The minimum absolute atomic E-state index is 0.538. The summed E-state index contributed by atoms with van der Waals surface area (Å²) in [5, 5.41) is 0.810. The van der Waals surface area contributed by atoms with E-state index in [1.165, 1.54) is 0 Å². The van der Waals surface area contributed by atoms with Crippen LogP contribution in [0.5, 0.6) is 0 Å². The van der Waals surface area contributed by atoms with E-state index in [2.05, 4.69) is 29.8 Å². The van der Waals surface area contributed by atoms with Gasteiger partial charge in [-0.3, -0.25) is 0 Å². The van der Waals surface area contributed by atoms with Gasteiger partial charge in [0.2, 0.25) is 0 Å². The van der Waals surface area contributed by atoms with E-state index in [9.17, 15) is 0 Å². The van der Waals surface area contributed by atoms with E-state index >= 15 is 0 Å². The van der Waals surface area contributed by atoms with Crippen molar-refractivity contribution in [2.45, 2.75) is 19.5 Å². The molecule has 1 saturated heterocycles. The van der Waals surface area contributed by atoms with E-state index in [1.54, 1.807) is 0 Å². The molecular formula is C13H20ClN3. The third-order valence-electron chi connectivity index (χ3n) is 3.57. The number of nitrogens with two attached hydrogens (primary N) is 1. The predicted molar refractivity (Wildman–Crippen MR) is 73.6 cm³/mol. The van der Waals surface area contributed by atoms with Gasteiger partial charge in [0.05, 0.1) is 10.7 Å². The Morgan fingerprint density at radius 2 is 2.18 bits per heavy atom. The second-order valence-electron chi connectivity index (χ2n) is 4.73. The molecule has 2 rings (SSSR count). The molecule has 2 N–H and O–H groups in total. The molecule has 0 aromatic heterocycles. The zero-order valence-electron chi connectivity index (χ0n) is 10.5. The van der Waals surface area contributed by atoms with Gasteiger partial charge in [0, 0.05) is 32.2 Å². The molecule has 0 spiro atoms. The number of halogens is 1. The molecule has 1 unspecified atom stereocenters. The first kappa shape index (κ1) is 12.7. The van der Waals surface area contributed by atoms with Crippen LogP contribution in [-0.4, -0.2) is 37.6 Å². The molecule has 0 bridgehead atoms. The quantitative estimate of drug-likeness (QED) is 0.874. The molecule has 1 fully saturated rings. The van der Waals surface area contributed by atoms with Crippen LogP contribution in [-0.2, 0) is 6.54 Å². The normalized spacial score (nSPS) is 21.9. The van der Waals surface area contributed by atoms with E-state index in [-0.39, 0.29) is 0 Å². The largest absolute Gasteiger partial charge is 0.367 e. The number of nitrogens with zero attached hydrogens (tertiary/aromatic N) is 2. The second-order valence-corrected chi connectivity index (χ2v) is 5.13. The Kier molecular flexibility index (Phi) is 3.92. The van der Waals surface area contributed by atoms with Crippen LogP contribution in [0.4, 0.5) is 5.69 Å². The summed E-state index contributed by atoms with van der Waals surface area (Å²) < 4.78 is 0. The van der Waals surface area contributed by atoms with Gasteiger partial charge in [-0.25, -0.2) is 0 Å². The lowest BCUT2D eigenvalue weighted by Gasteiger charge is -2.40. The van der Waals surface area contributed by atoms with Crippen LogP contribution < -0.4 is 10.6 Å². The van der Waals surface area contributed by atoms with Crippen LogP contribution in [0.15, 0.2) is 18.2 Å². The number of rotatable bonds is 2. The predicted octanol–water partition coefficient (Wildman–Crippen LogP) is 1.94. The average molecular weight is 254 g/mol. The van der Waals surface area contributed by atoms with E-state index in [1.807, 2.05) is 12.1 Å². The number of benzene rings is 1. The first-order valence-electron chi connectivity index (χ1n) is 6.06. The molecule has 1 heterocycles. The summed E-state index contributed by atoms with van der Waals surface area (Å²) in [5.41, 5.74) is 8.05. The zero-order chi connectivity index (χ0) is 12.4. The summed E-state index contributed by atoms with van der Waals surface area (Å²) in [7, 11) is 2.17. The zero-order valence-corrected chi connectivity index (χ0v) is 11.2. The van der Waals surface area contributed by atoms with Gasteiger partial charge in [0.15, 0.2) is 0 Å². The van der Waals surface area contributed by atoms with Crippen LogP contribution in [0, 0.1) is 0 Å². The highest BCUT2D eigenvalue weighted by atomic mass is 35.5. The smallest absolute Gasteiger partial charge is 0.0642 e. The van der Waals surface area contributed by atoms with Crippen LogP contribution in [0.2, 0.25) is 5.02 Å². The second kappa shape index (κ2) is 5.25. The molecule has 1 aliphatic heterocycles. The number of hydrogen-bond acceptors (Lipinski definition) is 3. The molecule has 1 aromatic rings. The maximum absolute atomic E-state index is 6.31. The Bertz CT molecular complexity index is 394. The van der Waals surface area contributed by atoms with E-state index < -0.39 is 0 Å². The molecule has 0 aliphatic carbocycles. The van der Waals surface area contributed by atoms with Gasteiger partial charge in [-0.15, -0.1) is 0 Å². The summed E-state index contributed by atoms with van der Waals surface area (Å²) in [6, 6.07) is 6.52. The number of para-hydroxylation sites is 1. The lowest BCUT2D eigenvalue weighted by atomic mass is 10.1. The number of likely N-dealkylation sites (N-methyl/N-ethyl adjacent to an activating group) is 1. The van der Waals surface area contributed by atoms with Crippen molar-refractivity contribution in [2.24, 2.45) is 5.73 Å². The molecule has 4 heteroatoms. The molecule has 0 amide bonds. The van der Waals surface area contributed by atoms with Crippen molar-refractivity contribution >= 4 is 17.3 Å². The fourth-order valence-electron chi connectivity index (χ4n) is 2.33. The molecule has 17 heavy (non-hydrogen) atoms. The maximum Gasteiger partial charge on any atom is 0.0642 e. The lowest BCUT2D eigenvalue weighted by molar-refractivity contribution is 0.234. The summed E-state index contributed by atoms with van der Waals surface area (Å²) in [4.78, 5) is 4.73. The lowest BCUT2D eigenvalue weighted by Crippen LogP contribution is -2.50. The minimum atomic E-state index is 0.538.